The topological polar surface area (TPSA) is 80.9 Å². The number of pyridine rings is 2. The molecule has 0 aliphatic rings. The number of rotatable bonds is 3. The van der Waals surface area contributed by atoms with E-state index in [1.54, 1.807) is 30.2 Å². The van der Waals surface area contributed by atoms with Gasteiger partial charge in [0.05, 0.1) is 17.5 Å². The molecule has 0 fully saturated rings. The van der Waals surface area contributed by atoms with Gasteiger partial charge in [-0.15, -0.1) is 0 Å². The smallest absolute Gasteiger partial charge is 0.338 e. The summed E-state index contributed by atoms with van der Waals surface area (Å²) in [6, 6.07) is 1.93. The summed E-state index contributed by atoms with van der Waals surface area (Å²) in [6.07, 6.45) is 5.09. The van der Waals surface area contributed by atoms with Gasteiger partial charge in [0.2, 0.25) is 0 Å². The molecular weight excluding hydrogens is 280 g/mol. The third-order valence-corrected chi connectivity index (χ3v) is 3.64. The zero-order valence-corrected chi connectivity index (χ0v) is 12.7. The standard InChI is InChI=1S/C16H16N4O2/c1-4-20-15-12(8-18-20)14(11-5-9(2)6-17-7-11)13(16(21)22)10(3)19-15/h5-8H,4H2,1-3H3,(H,21,22). The van der Waals surface area contributed by atoms with E-state index in [1.165, 1.54) is 0 Å². The lowest BCUT2D eigenvalue weighted by Crippen LogP contribution is -2.07. The van der Waals surface area contributed by atoms with Crippen molar-refractivity contribution in [1.82, 2.24) is 19.7 Å². The lowest BCUT2D eigenvalue weighted by Gasteiger charge is -2.11. The summed E-state index contributed by atoms with van der Waals surface area (Å²) in [4.78, 5) is 20.4. The van der Waals surface area contributed by atoms with Crippen LogP contribution in [0.25, 0.3) is 22.2 Å². The van der Waals surface area contributed by atoms with Crippen LogP contribution in [0.1, 0.15) is 28.5 Å². The maximum Gasteiger partial charge on any atom is 0.338 e. The van der Waals surface area contributed by atoms with Crippen LogP contribution >= 0.6 is 0 Å². The molecule has 1 N–H and O–H groups in total. The predicted molar refractivity (Wildman–Crippen MR) is 82.9 cm³/mol. The fraction of sp³-hybridized carbons (Fsp3) is 0.250. The summed E-state index contributed by atoms with van der Waals surface area (Å²) in [7, 11) is 0. The minimum Gasteiger partial charge on any atom is -0.478 e. The van der Waals surface area contributed by atoms with E-state index in [2.05, 4.69) is 15.1 Å². The monoisotopic (exact) mass is 296 g/mol. The molecule has 22 heavy (non-hydrogen) atoms. The fourth-order valence-corrected chi connectivity index (χ4v) is 2.69. The second-order valence-corrected chi connectivity index (χ2v) is 5.20. The van der Waals surface area contributed by atoms with Crippen LogP contribution in [0.4, 0.5) is 0 Å². The van der Waals surface area contributed by atoms with E-state index in [1.807, 2.05) is 19.9 Å². The average molecular weight is 296 g/mol. The van der Waals surface area contributed by atoms with E-state index < -0.39 is 5.97 Å². The number of hydrogen-bond donors (Lipinski definition) is 1. The Labute approximate surface area is 127 Å². The average Bonchev–Trinajstić information content (AvgIpc) is 2.87. The second-order valence-electron chi connectivity index (χ2n) is 5.20. The molecule has 3 rings (SSSR count). The van der Waals surface area contributed by atoms with Crippen LogP contribution in [0.5, 0.6) is 0 Å². The summed E-state index contributed by atoms with van der Waals surface area (Å²) < 4.78 is 1.76. The molecule has 0 aliphatic heterocycles. The largest absolute Gasteiger partial charge is 0.478 e. The van der Waals surface area contributed by atoms with E-state index in [-0.39, 0.29) is 5.56 Å². The molecule has 0 bridgehead atoms. The molecule has 0 amide bonds. The fourth-order valence-electron chi connectivity index (χ4n) is 2.69. The van der Waals surface area contributed by atoms with Crippen LogP contribution in [-0.4, -0.2) is 30.8 Å². The van der Waals surface area contributed by atoms with Crippen molar-refractivity contribution >= 4 is 17.0 Å². The Balaban J connectivity index is 2.46. The van der Waals surface area contributed by atoms with Crippen LogP contribution in [0.15, 0.2) is 24.7 Å². The lowest BCUT2D eigenvalue weighted by atomic mass is 9.97. The van der Waals surface area contributed by atoms with E-state index in [0.717, 1.165) is 16.5 Å². The van der Waals surface area contributed by atoms with E-state index in [9.17, 15) is 9.90 Å². The van der Waals surface area contributed by atoms with Crippen LogP contribution in [-0.2, 0) is 6.54 Å². The van der Waals surface area contributed by atoms with E-state index in [0.29, 0.717) is 23.4 Å². The number of aryl methyl sites for hydroxylation is 3. The number of nitrogens with zero attached hydrogens (tertiary/aromatic N) is 4. The second kappa shape index (κ2) is 5.22. The number of carboxylic acid groups (broad SMARTS) is 1. The number of carboxylic acids is 1. The quantitative estimate of drug-likeness (QED) is 0.803. The van der Waals surface area contributed by atoms with Crippen LogP contribution in [0, 0.1) is 13.8 Å². The number of fused-ring (bicyclic) bond motifs is 1. The minimum absolute atomic E-state index is 0.204. The van der Waals surface area contributed by atoms with Gasteiger partial charge in [0.15, 0.2) is 5.65 Å². The highest BCUT2D eigenvalue weighted by atomic mass is 16.4. The molecule has 3 heterocycles. The Bertz CT molecular complexity index is 883. The molecule has 0 atom stereocenters. The maximum absolute atomic E-state index is 11.7. The molecule has 0 unspecified atom stereocenters. The van der Waals surface area contributed by atoms with Crippen molar-refractivity contribution in [3.63, 3.8) is 0 Å². The molecule has 0 spiro atoms. The molecule has 6 heteroatoms. The first-order valence-corrected chi connectivity index (χ1v) is 7.04. The minimum atomic E-state index is -0.993. The lowest BCUT2D eigenvalue weighted by molar-refractivity contribution is 0.0696. The molecule has 0 saturated carbocycles. The van der Waals surface area contributed by atoms with Crippen molar-refractivity contribution in [2.24, 2.45) is 0 Å². The third kappa shape index (κ3) is 2.13. The molecule has 0 aromatic carbocycles. The highest BCUT2D eigenvalue weighted by Gasteiger charge is 2.22. The molecule has 0 radical (unpaired) electrons. The van der Waals surface area contributed by atoms with Crippen molar-refractivity contribution in [3.05, 3.63) is 41.5 Å². The highest BCUT2D eigenvalue weighted by Crippen LogP contribution is 2.33. The Morgan fingerprint density at radius 2 is 2.05 bits per heavy atom. The zero-order chi connectivity index (χ0) is 15.9. The first kappa shape index (κ1) is 14.2. The van der Waals surface area contributed by atoms with Gasteiger partial charge in [-0.25, -0.2) is 14.5 Å². The molecule has 0 saturated heterocycles. The highest BCUT2D eigenvalue weighted by molar-refractivity contribution is 6.06. The first-order chi connectivity index (χ1) is 10.5. The summed E-state index contributed by atoms with van der Waals surface area (Å²) in [5.41, 5.74) is 3.75. The first-order valence-electron chi connectivity index (χ1n) is 7.04. The van der Waals surface area contributed by atoms with Gasteiger partial charge < -0.3 is 5.11 Å². The molecule has 3 aromatic heterocycles. The molecule has 3 aromatic rings. The summed E-state index contributed by atoms with van der Waals surface area (Å²) in [5.74, 6) is -0.993. The normalized spacial score (nSPS) is 11.0. The number of aromatic carboxylic acids is 1. The van der Waals surface area contributed by atoms with Gasteiger partial charge in [0.25, 0.3) is 0 Å². The zero-order valence-electron chi connectivity index (χ0n) is 12.7. The van der Waals surface area contributed by atoms with Crippen molar-refractivity contribution in [1.29, 1.82) is 0 Å². The van der Waals surface area contributed by atoms with Gasteiger partial charge in [-0.2, -0.15) is 5.10 Å². The summed E-state index contributed by atoms with van der Waals surface area (Å²) in [6.45, 7) is 6.29. The van der Waals surface area contributed by atoms with Gasteiger partial charge in [-0.3, -0.25) is 4.98 Å². The molecule has 6 nitrogen and oxygen atoms in total. The van der Waals surface area contributed by atoms with Gasteiger partial charge in [0, 0.05) is 35.5 Å². The van der Waals surface area contributed by atoms with Gasteiger partial charge in [-0.1, -0.05) is 0 Å². The Kier molecular flexibility index (Phi) is 3.36. The number of carbonyl (C=O) groups is 1. The van der Waals surface area contributed by atoms with Crippen LogP contribution in [0.3, 0.4) is 0 Å². The maximum atomic E-state index is 11.7. The molecule has 0 aliphatic carbocycles. The molecular formula is C16H16N4O2. The van der Waals surface area contributed by atoms with Gasteiger partial charge in [0.1, 0.15) is 0 Å². The SMILES string of the molecule is CCn1ncc2c(-c3cncc(C)c3)c(C(=O)O)c(C)nc21. The van der Waals surface area contributed by atoms with E-state index >= 15 is 0 Å². The van der Waals surface area contributed by atoms with Crippen molar-refractivity contribution in [2.45, 2.75) is 27.3 Å². The Morgan fingerprint density at radius 3 is 2.68 bits per heavy atom. The summed E-state index contributed by atoms with van der Waals surface area (Å²) in [5, 5.41) is 14.7. The van der Waals surface area contributed by atoms with Crippen LogP contribution in [0.2, 0.25) is 0 Å². The predicted octanol–water partition coefficient (Wildman–Crippen LogP) is 2.83. The van der Waals surface area contributed by atoms with Crippen molar-refractivity contribution < 1.29 is 9.90 Å². The van der Waals surface area contributed by atoms with Crippen molar-refractivity contribution in [2.75, 3.05) is 0 Å². The third-order valence-electron chi connectivity index (χ3n) is 3.64. The van der Waals surface area contributed by atoms with E-state index in [4.69, 9.17) is 0 Å². The van der Waals surface area contributed by atoms with Gasteiger partial charge >= 0.3 is 5.97 Å². The Hall–Kier alpha value is -2.76. The van der Waals surface area contributed by atoms with Gasteiger partial charge in [-0.05, 0) is 32.4 Å². The summed E-state index contributed by atoms with van der Waals surface area (Å²) >= 11 is 0. The molecule has 112 valence electrons. The number of hydrogen-bond acceptors (Lipinski definition) is 4. The Morgan fingerprint density at radius 1 is 1.27 bits per heavy atom. The number of aromatic nitrogens is 4. The van der Waals surface area contributed by atoms with Crippen LogP contribution < -0.4 is 0 Å². The van der Waals surface area contributed by atoms with Crippen molar-refractivity contribution in [3.8, 4) is 11.1 Å².